The van der Waals surface area contributed by atoms with Crippen LogP contribution in [0.25, 0.3) is 46.2 Å². The Kier molecular flexibility index (Phi) is 45.1. The fourth-order valence-electron chi connectivity index (χ4n) is 8.34. The van der Waals surface area contributed by atoms with E-state index in [2.05, 4.69) is 123 Å². The third-order valence-corrected chi connectivity index (χ3v) is 15.1. The van der Waals surface area contributed by atoms with Crippen molar-refractivity contribution in [3.05, 3.63) is 238 Å². The van der Waals surface area contributed by atoms with Crippen molar-refractivity contribution in [1.82, 2.24) is 83.1 Å². The topological polar surface area (TPSA) is 562 Å². The second kappa shape index (κ2) is 53.2. The molecule has 13 rings (SSSR count). The van der Waals surface area contributed by atoms with Crippen LogP contribution in [0, 0.1) is 3.90 Å². The number of nitrogens with zero attached hydrogens (tertiary/aromatic N) is 17. The number of pyridine rings is 6. The van der Waals surface area contributed by atoms with Gasteiger partial charge in [0.2, 0.25) is 24.3 Å². The second-order valence-corrected chi connectivity index (χ2v) is 24.3. The fraction of sp³-hybridized carbons (Fsp3) is 0.171. The number of carbonyl (C=O) groups is 7. The van der Waals surface area contributed by atoms with Crippen LogP contribution in [0.4, 0.5) is 11.6 Å². The number of carboxylic acid groups (broad SMARTS) is 1. The van der Waals surface area contributed by atoms with Crippen molar-refractivity contribution >= 4 is 137 Å². The van der Waals surface area contributed by atoms with Crippen LogP contribution in [-0.2, 0) is 42.8 Å². The van der Waals surface area contributed by atoms with Crippen molar-refractivity contribution in [3.8, 4) is 46.2 Å². The van der Waals surface area contributed by atoms with Gasteiger partial charge < -0.3 is 78.8 Å². The summed E-state index contributed by atoms with van der Waals surface area (Å²) in [5, 5.41) is 30.1. The molecule has 0 fully saturated rings. The van der Waals surface area contributed by atoms with Crippen molar-refractivity contribution in [2.45, 2.75) is 40.8 Å². The van der Waals surface area contributed by atoms with Crippen LogP contribution < -0.4 is 35.4 Å². The predicted molar refractivity (Wildman–Crippen MR) is 426 cm³/mol. The van der Waals surface area contributed by atoms with Crippen LogP contribution in [0.5, 0.6) is 0 Å². The molecule has 0 aliphatic rings. The maximum absolute atomic E-state index is 11.9. The molecule has 1 atom stereocenters. The molecule has 0 aromatic carbocycles. The number of ether oxygens (including phenoxy) is 6. The molecule has 604 valence electrons. The van der Waals surface area contributed by atoms with Crippen LogP contribution in [0.1, 0.15) is 76.6 Å². The third kappa shape index (κ3) is 32.2. The smallest absolute Gasteiger partial charge is 0.870 e. The molecule has 0 aliphatic carbocycles. The van der Waals surface area contributed by atoms with Crippen LogP contribution in [0.3, 0.4) is 0 Å². The van der Waals surface area contributed by atoms with E-state index in [1.165, 1.54) is 103 Å². The van der Waals surface area contributed by atoms with Gasteiger partial charge in [0.15, 0.2) is 22.8 Å². The molecular weight excluding hydrogens is 1830 g/mol. The molecule has 46 heteroatoms. The van der Waals surface area contributed by atoms with Gasteiger partial charge in [0.1, 0.15) is 79.0 Å². The zero-order valence-electron chi connectivity index (χ0n) is 62.3. The van der Waals surface area contributed by atoms with E-state index in [0.717, 1.165) is 19.0 Å². The van der Waals surface area contributed by atoms with Crippen LogP contribution in [-0.4, -0.2) is 205 Å². The number of carboxylic acids is 1. The SMILES string of the molecule is CCOC(=O)C(Nc1cc(Br)ccn1)OC.CCOC(=O)C=O.CCOC(=O)c1cncn1-c1cc(-c2ncco2)ccn1.CCOC(=O)c1cncn1-c1cc(B(O)O)ccn1.CCOC(=O)c1cncn1-c1cc(Br)ccn1.Ic1ncco1.Nc1cc(Br)ccn1.O.O=C(O)c1cncn1-c1cc(-c2ncco2)ccn1.[Li+].[OH-]. The van der Waals surface area contributed by atoms with Crippen LogP contribution >= 0.6 is 70.4 Å². The Balaban J connectivity index is 0.000000351. The number of anilines is 2. The fourth-order valence-corrected chi connectivity index (χ4v) is 9.66. The van der Waals surface area contributed by atoms with E-state index >= 15 is 0 Å². The molecule has 13 heterocycles. The Labute approximate surface area is 710 Å². The van der Waals surface area contributed by atoms with Gasteiger partial charge in [0.25, 0.3) is 3.90 Å². The second-order valence-electron chi connectivity index (χ2n) is 20.6. The summed E-state index contributed by atoms with van der Waals surface area (Å²) in [6.45, 7) is 10.1. The molecule has 0 bridgehead atoms. The number of aldehydes is 1. The average Bonchev–Trinajstić information content (AvgIpc) is 1.66. The summed E-state index contributed by atoms with van der Waals surface area (Å²) in [5.74, 6) is 0.227. The summed E-state index contributed by atoms with van der Waals surface area (Å²) < 4.78 is 53.3. The van der Waals surface area contributed by atoms with Crippen molar-refractivity contribution in [1.29, 1.82) is 0 Å². The molecule has 13 aromatic rings. The molecular formula is C70H71BBr3ILiN19O21. The first-order valence-electron chi connectivity index (χ1n) is 32.7. The van der Waals surface area contributed by atoms with E-state index < -0.39 is 49.2 Å². The van der Waals surface area contributed by atoms with Gasteiger partial charge in [0, 0.05) is 91.4 Å². The van der Waals surface area contributed by atoms with Crippen molar-refractivity contribution in [2.75, 3.05) is 51.2 Å². The largest absolute Gasteiger partial charge is 1.00 e. The molecule has 0 spiro atoms. The summed E-state index contributed by atoms with van der Waals surface area (Å²) >= 11 is 11.9. The number of oxazole rings is 3. The average molecular weight is 1900 g/mol. The number of aromatic nitrogens is 17. The molecule has 9 N–H and O–H groups in total. The van der Waals surface area contributed by atoms with Gasteiger partial charge in [-0.05, 0) is 113 Å². The van der Waals surface area contributed by atoms with E-state index in [1.807, 2.05) is 34.7 Å². The summed E-state index contributed by atoms with van der Waals surface area (Å²) in [6.07, 6.45) is 29.4. The summed E-state index contributed by atoms with van der Waals surface area (Å²) in [5.41, 5.74) is 7.99. The number of halogens is 4. The number of methoxy groups -OCH3 is 1. The number of hydrogen-bond acceptors (Lipinski definition) is 34. The van der Waals surface area contributed by atoms with Gasteiger partial charge in [-0.1, -0.05) is 47.8 Å². The van der Waals surface area contributed by atoms with Crippen molar-refractivity contribution in [2.24, 2.45) is 0 Å². The standard InChI is InChI=1S/C14H12N4O3.C12H8N4O3.C11H12BN3O4.C11H10BrN3O2.C10H13BrN2O3.C5H5BrN2.C4H6O3.C3H2INO.Li.2H2O/c1-2-20-14(19)11-8-15-9-18(11)12-7-10(3-4-16-12)13-17-5-6-21-13;17-12(18)9-6-13-7-16(9)10-5-8(1-2-14-10)11-15-3-4-19-11;1-2-19-11(16)9-6-13-7-15(9)10-5-8(12(17)18)3-4-14-10;1-2-17-11(16)9-6-13-7-15(9)10-5-8(12)3-4-14-10;1-3-16-10(14)9(15-2)13-8-6-7(11)4-5-12-8;6-4-1-2-8-5(7)3-4;1-2-7-4(6)3-5;4-3-5-1-2-6-3;;;/h3-9H,2H2,1H3;1-7H,(H,17,18);3-7,17-18H,2H2,1H3;3-7H,2H2,1H3;4-6,9H,3H2,1-2H3,(H,12,13);1-3H,(H2,7,8);3H,2H2,1H3;1-2H;;2*1H2/q;;;;;;;;+1;;/p-1. The summed E-state index contributed by atoms with van der Waals surface area (Å²) in [4.78, 5) is 129. The number of hydrogen-bond donors (Lipinski definition) is 5. The maximum Gasteiger partial charge on any atom is 1.00 e. The van der Waals surface area contributed by atoms with Crippen LogP contribution in [0.2, 0.25) is 0 Å². The third-order valence-electron chi connectivity index (χ3n) is 13.1. The zero-order valence-corrected chi connectivity index (χ0v) is 69.2. The Morgan fingerprint density at radius 2 is 0.905 bits per heavy atom. The molecule has 13 aromatic heterocycles. The van der Waals surface area contributed by atoms with E-state index in [1.54, 1.807) is 142 Å². The molecule has 40 nitrogen and oxygen atoms in total. The number of nitrogens with one attached hydrogen (secondary N) is 1. The van der Waals surface area contributed by atoms with E-state index in [4.69, 9.17) is 57.8 Å². The van der Waals surface area contributed by atoms with E-state index in [9.17, 15) is 33.6 Å². The number of esters is 5. The number of rotatable bonds is 21. The first-order valence-corrected chi connectivity index (χ1v) is 36.1. The minimum absolute atomic E-state index is 0. The van der Waals surface area contributed by atoms with Gasteiger partial charge in [0.05, 0.1) is 76.4 Å². The molecule has 0 aliphatic heterocycles. The Morgan fingerprint density at radius 3 is 1.25 bits per heavy atom. The maximum atomic E-state index is 11.9. The first-order chi connectivity index (χ1) is 54.6. The summed E-state index contributed by atoms with van der Waals surface area (Å²) in [6, 6.07) is 20.6. The first kappa shape index (κ1) is 98.3. The minimum Gasteiger partial charge on any atom is -0.870 e. The van der Waals surface area contributed by atoms with E-state index in [-0.39, 0.29) is 66.2 Å². The van der Waals surface area contributed by atoms with Crippen molar-refractivity contribution in [3.63, 3.8) is 0 Å². The van der Waals surface area contributed by atoms with Crippen LogP contribution in [0.15, 0.2) is 224 Å². The Bertz CT molecular complexity index is 5090. The molecule has 1 unspecified atom stereocenters. The molecule has 116 heavy (non-hydrogen) atoms. The molecule has 0 amide bonds. The van der Waals surface area contributed by atoms with Gasteiger partial charge in [-0.15, -0.1) is 0 Å². The Morgan fingerprint density at radius 1 is 0.517 bits per heavy atom. The molecule has 0 saturated heterocycles. The number of nitrogens with two attached hydrogens (primary N) is 1. The minimum atomic E-state index is -1.60. The van der Waals surface area contributed by atoms with E-state index in [0.29, 0.717) is 87.4 Å². The quantitative estimate of drug-likeness (QED) is 0.0116. The normalized spacial score (nSPS) is 10.0. The number of aromatic carboxylic acids is 1. The number of imidazole rings is 4. The van der Waals surface area contributed by atoms with Gasteiger partial charge in [-0.2, -0.15) is 0 Å². The molecule has 0 saturated carbocycles. The number of carbonyl (C=O) groups excluding carboxylic acids is 6. The molecule has 0 radical (unpaired) electrons. The van der Waals surface area contributed by atoms with Gasteiger partial charge in [-0.25, -0.2) is 93.6 Å². The van der Waals surface area contributed by atoms with Gasteiger partial charge in [-0.3, -0.25) is 23.1 Å². The van der Waals surface area contributed by atoms with Gasteiger partial charge >= 0.3 is 61.8 Å². The monoisotopic (exact) mass is 1900 g/mol. The zero-order chi connectivity index (χ0) is 82.0. The Hall–Kier alpha value is -11.9. The summed E-state index contributed by atoms with van der Waals surface area (Å²) in [7, 11) is -0.177. The predicted octanol–water partition coefficient (Wildman–Crippen LogP) is 5.30. The number of nitrogen functional groups attached to an aromatic ring is 1. The van der Waals surface area contributed by atoms with Crippen molar-refractivity contribution < 1.29 is 120 Å².